The summed E-state index contributed by atoms with van der Waals surface area (Å²) in [5, 5.41) is 0. The summed E-state index contributed by atoms with van der Waals surface area (Å²) in [6.45, 7) is 7.17. The van der Waals surface area contributed by atoms with Crippen LogP contribution in [-0.4, -0.2) is 31.1 Å². The molecule has 0 aromatic heterocycles. The van der Waals surface area contributed by atoms with Gasteiger partial charge in [-0.05, 0) is 62.5 Å². The van der Waals surface area contributed by atoms with Gasteiger partial charge in [-0.25, -0.2) is 0 Å². The van der Waals surface area contributed by atoms with Gasteiger partial charge in [-0.15, -0.1) is 0 Å². The van der Waals surface area contributed by atoms with Crippen LogP contribution in [0.25, 0.3) is 0 Å². The molecule has 3 heteroatoms. The van der Waals surface area contributed by atoms with Gasteiger partial charge in [0.15, 0.2) is 0 Å². The van der Waals surface area contributed by atoms with Crippen molar-refractivity contribution in [3.8, 4) is 5.75 Å². The lowest BCUT2D eigenvalue weighted by Crippen LogP contribution is -2.29. The summed E-state index contributed by atoms with van der Waals surface area (Å²) in [4.78, 5) is 2.56. The highest BCUT2D eigenvalue weighted by molar-refractivity contribution is 5.37. The first-order valence-corrected chi connectivity index (χ1v) is 8.00. The zero-order chi connectivity index (χ0) is 14.2. The fraction of sp³-hybridized carbons (Fsp3) is 0.647. The SMILES string of the molecule is CCc1cc(CN2CCCCC2)ccc1OCCCN. The van der Waals surface area contributed by atoms with Crippen molar-refractivity contribution in [2.75, 3.05) is 26.2 Å². The van der Waals surface area contributed by atoms with Crippen LogP contribution < -0.4 is 10.5 Å². The Hall–Kier alpha value is -1.06. The fourth-order valence-electron chi connectivity index (χ4n) is 2.79. The predicted molar refractivity (Wildman–Crippen MR) is 84.1 cm³/mol. The molecule has 0 unspecified atom stereocenters. The highest BCUT2D eigenvalue weighted by Gasteiger charge is 2.11. The normalized spacial score (nSPS) is 16.3. The molecule has 2 rings (SSSR count). The van der Waals surface area contributed by atoms with Crippen LogP contribution in [0.3, 0.4) is 0 Å². The molecular weight excluding hydrogens is 248 g/mol. The van der Waals surface area contributed by atoms with Gasteiger partial charge in [0.05, 0.1) is 6.61 Å². The predicted octanol–water partition coefficient (Wildman–Crippen LogP) is 2.96. The number of rotatable bonds is 7. The van der Waals surface area contributed by atoms with Crippen LogP contribution in [0, 0.1) is 0 Å². The van der Waals surface area contributed by atoms with Gasteiger partial charge in [0.1, 0.15) is 5.75 Å². The molecule has 1 fully saturated rings. The van der Waals surface area contributed by atoms with Crippen molar-refractivity contribution in [1.82, 2.24) is 4.90 Å². The number of ether oxygens (including phenoxy) is 1. The maximum Gasteiger partial charge on any atom is 0.122 e. The molecule has 0 saturated carbocycles. The van der Waals surface area contributed by atoms with Crippen LogP contribution in [0.2, 0.25) is 0 Å². The summed E-state index contributed by atoms with van der Waals surface area (Å²) in [5.74, 6) is 1.03. The monoisotopic (exact) mass is 276 g/mol. The van der Waals surface area contributed by atoms with E-state index in [4.69, 9.17) is 10.5 Å². The van der Waals surface area contributed by atoms with Crippen molar-refractivity contribution in [3.63, 3.8) is 0 Å². The van der Waals surface area contributed by atoms with Gasteiger partial charge in [-0.2, -0.15) is 0 Å². The first-order chi connectivity index (χ1) is 9.83. The van der Waals surface area contributed by atoms with Crippen molar-refractivity contribution in [2.45, 2.75) is 45.6 Å². The van der Waals surface area contributed by atoms with Crippen LogP contribution in [0.15, 0.2) is 18.2 Å². The lowest BCUT2D eigenvalue weighted by Gasteiger charge is -2.26. The number of aryl methyl sites for hydroxylation is 1. The molecule has 1 saturated heterocycles. The van der Waals surface area contributed by atoms with Crippen LogP contribution in [0.1, 0.15) is 43.7 Å². The second-order valence-corrected chi connectivity index (χ2v) is 5.62. The molecule has 20 heavy (non-hydrogen) atoms. The maximum atomic E-state index is 5.82. The zero-order valence-electron chi connectivity index (χ0n) is 12.7. The molecular formula is C17H28N2O. The van der Waals surface area contributed by atoms with Gasteiger partial charge in [0, 0.05) is 6.54 Å². The largest absolute Gasteiger partial charge is 0.493 e. The third-order valence-electron chi connectivity index (χ3n) is 3.97. The molecule has 0 atom stereocenters. The summed E-state index contributed by atoms with van der Waals surface area (Å²) in [6.07, 6.45) is 6.02. The van der Waals surface area contributed by atoms with E-state index in [1.165, 1.54) is 43.5 Å². The van der Waals surface area contributed by atoms with Gasteiger partial charge in [0.2, 0.25) is 0 Å². The van der Waals surface area contributed by atoms with E-state index in [2.05, 4.69) is 30.0 Å². The first-order valence-electron chi connectivity index (χ1n) is 8.00. The molecule has 1 aliphatic rings. The summed E-state index contributed by atoms with van der Waals surface area (Å²) < 4.78 is 5.82. The topological polar surface area (TPSA) is 38.5 Å². The number of nitrogens with two attached hydrogens (primary N) is 1. The van der Waals surface area contributed by atoms with Crippen LogP contribution in [0.5, 0.6) is 5.75 Å². The minimum atomic E-state index is 0.689. The van der Waals surface area contributed by atoms with E-state index < -0.39 is 0 Å². The van der Waals surface area contributed by atoms with Crippen LogP contribution in [0.4, 0.5) is 0 Å². The van der Waals surface area contributed by atoms with Crippen molar-refractivity contribution >= 4 is 0 Å². The second-order valence-electron chi connectivity index (χ2n) is 5.62. The Balaban J connectivity index is 1.96. The maximum absolute atomic E-state index is 5.82. The van der Waals surface area contributed by atoms with Gasteiger partial charge in [-0.1, -0.05) is 25.5 Å². The quantitative estimate of drug-likeness (QED) is 0.778. The number of nitrogens with zero attached hydrogens (tertiary/aromatic N) is 1. The van der Waals surface area contributed by atoms with Crippen molar-refractivity contribution in [2.24, 2.45) is 5.73 Å². The van der Waals surface area contributed by atoms with Gasteiger partial charge in [-0.3, -0.25) is 4.90 Å². The number of benzene rings is 1. The second kappa shape index (κ2) is 8.28. The zero-order valence-corrected chi connectivity index (χ0v) is 12.7. The van der Waals surface area contributed by atoms with E-state index in [0.717, 1.165) is 31.7 Å². The van der Waals surface area contributed by atoms with E-state index in [1.807, 2.05) is 0 Å². The van der Waals surface area contributed by atoms with Crippen molar-refractivity contribution in [3.05, 3.63) is 29.3 Å². The summed E-state index contributed by atoms with van der Waals surface area (Å²) >= 11 is 0. The molecule has 1 aromatic rings. The Morgan fingerprint density at radius 1 is 1.20 bits per heavy atom. The van der Waals surface area contributed by atoms with Crippen molar-refractivity contribution in [1.29, 1.82) is 0 Å². The Kier molecular flexibility index (Phi) is 6.34. The molecule has 0 radical (unpaired) electrons. The minimum Gasteiger partial charge on any atom is -0.493 e. The Bertz CT molecular complexity index is 400. The highest BCUT2D eigenvalue weighted by Crippen LogP contribution is 2.22. The Morgan fingerprint density at radius 3 is 2.70 bits per heavy atom. The number of hydrogen-bond donors (Lipinski definition) is 1. The smallest absolute Gasteiger partial charge is 0.122 e. The third kappa shape index (κ3) is 4.50. The Labute approximate surface area is 123 Å². The third-order valence-corrected chi connectivity index (χ3v) is 3.97. The molecule has 0 aliphatic carbocycles. The molecule has 2 N–H and O–H groups in total. The highest BCUT2D eigenvalue weighted by atomic mass is 16.5. The van der Waals surface area contributed by atoms with Crippen molar-refractivity contribution < 1.29 is 4.74 Å². The van der Waals surface area contributed by atoms with Gasteiger partial charge < -0.3 is 10.5 Å². The summed E-state index contributed by atoms with van der Waals surface area (Å²) in [6, 6.07) is 6.66. The van der Waals surface area contributed by atoms with Crippen LogP contribution >= 0.6 is 0 Å². The van der Waals surface area contributed by atoms with E-state index in [1.54, 1.807) is 0 Å². The minimum absolute atomic E-state index is 0.689. The molecule has 0 amide bonds. The van der Waals surface area contributed by atoms with E-state index in [9.17, 15) is 0 Å². The molecule has 112 valence electrons. The average molecular weight is 276 g/mol. The van der Waals surface area contributed by atoms with E-state index >= 15 is 0 Å². The number of piperidine rings is 1. The van der Waals surface area contributed by atoms with Gasteiger partial charge >= 0.3 is 0 Å². The molecule has 0 bridgehead atoms. The molecule has 3 nitrogen and oxygen atoms in total. The lowest BCUT2D eigenvalue weighted by atomic mass is 10.1. The number of hydrogen-bond acceptors (Lipinski definition) is 3. The lowest BCUT2D eigenvalue weighted by molar-refractivity contribution is 0.220. The molecule has 1 heterocycles. The first kappa shape index (κ1) is 15.3. The standard InChI is InChI=1S/C17H28N2O/c1-2-16-13-15(14-19-10-4-3-5-11-19)7-8-17(16)20-12-6-9-18/h7-8,13H,2-6,9-12,14,18H2,1H3. The van der Waals surface area contributed by atoms with E-state index in [0.29, 0.717) is 6.54 Å². The van der Waals surface area contributed by atoms with E-state index in [-0.39, 0.29) is 0 Å². The summed E-state index contributed by atoms with van der Waals surface area (Å²) in [7, 11) is 0. The number of likely N-dealkylation sites (tertiary alicyclic amines) is 1. The van der Waals surface area contributed by atoms with Gasteiger partial charge in [0.25, 0.3) is 0 Å². The average Bonchev–Trinajstić information content (AvgIpc) is 2.50. The van der Waals surface area contributed by atoms with Crippen LogP contribution in [-0.2, 0) is 13.0 Å². The molecule has 1 aromatic carbocycles. The Morgan fingerprint density at radius 2 is 2.00 bits per heavy atom. The molecule has 1 aliphatic heterocycles. The fourth-order valence-corrected chi connectivity index (χ4v) is 2.79. The molecule has 0 spiro atoms. The summed E-state index contributed by atoms with van der Waals surface area (Å²) in [5.41, 5.74) is 8.23.